The highest BCUT2D eigenvalue weighted by Gasteiger charge is 2.27. The van der Waals surface area contributed by atoms with E-state index in [1.54, 1.807) is 30.3 Å². The monoisotopic (exact) mass is 269 g/mol. The fourth-order valence-corrected chi connectivity index (χ4v) is 1.96. The van der Waals surface area contributed by atoms with Gasteiger partial charge >= 0.3 is 0 Å². The summed E-state index contributed by atoms with van der Waals surface area (Å²) in [7, 11) is 0. The van der Waals surface area contributed by atoms with Gasteiger partial charge in [0, 0.05) is 6.07 Å². The Morgan fingerprint density at radius 3 is 2.25 bits per heavy atom. The fourth-order valence-electron chi connectivity index (χ4n) is 1.96. The van der Waals surface area contributed by atoms with Crippen molar-refractivity contribution in [3.05, 3.63) is 75.8 Å². The zero-order chi connectivity index (χ0) is 14.5. The number of hydrogen-bond donors (Lipinski definition) is 0. The molecule has 0 radical (unpaired) electrons. The minimum atomic E-state index is -1.03. The Morgan fingerprint density at radius 2 is 1.65 bits per heavy atom. The van der Waals surface area contributed by atoms with E-state index in [0.717, 1.165) is 0 Å². The molecule has 2 aromatic rings. The lowest BCUT2D eigenvalue weighted by molar-refractivity contribution is -0.385. The molecule has 5 heteroatoms. The predicted octanol–water partition coefficient (Wildman–Crippen LogP) is 2.76. The summed E-state index contributed by atoms with van der Waals surface area (Å²) in [6.45, 7) is 0. The molecule has 0 amide bonds. The van der Waals surface area contributed by atoms with Crippen molar-refractivity contribution in [3.63, 3.8) is 0 Å². The third-order valence-electron chi connectivity index (χ3n) is 2.94. The largest absolute Gasteiger partial charge is 0.302 e. The summed E-state index contributed by atoms with van der Waals surface area (Å²) in [6, 6.07) is 14.1. The van der Waals surface area contributed by atoms with Crippen LogP contribution in [0.25, 0.3) is 0 Å². The van der Waals surface area contributed by atoms with Crippen LogP contribution in [0.3, 0.4) is 0 Å². The van der Waals surface area contributed by atoms with Gasteiger partial charge in [-0.05, 0) is 11.6 Å². The zero-order valence-electron chi connectivity index (χ0n) is 10.4. The molecule has 0 heterocycles. The van der Waals surface area contributed by atoms with Crippen molar-refractivity contribution in [1.29, 1.82) is 0 Å². The van der Waals surface area contributed by atoms with E-state index in [0.29, 0.717) is 11.8 Å². The molecule has 0 aliphatic carbocycles. The van der Waals surface area contributed by atoms with E-state index in [1.807, 2.05) is 0 Å². The molecule has 100 valence electrons. The van der Waals surface area contributed by atoms with Crippen molar-refractivity contribution < 1.29 is 14.5 Å². The van der Waals surface area contributed by atoms with Crippen LogP contribution in [0.5, 0.6) is 0 Å². The summed E-state index contributed by atoms with van der Waals surface area (Å²) in [5.41, 5.74) is 0.171. The standard InChI is InChI=1S/C15H11NO4/c17-10-13(11-6-2-1-3-7-11)15(18)12-8-4-5-9-14(12)16(19)20/h1-10,13H/t13-/m0/s1. The summed E-state index contributed by atoms with van der Waals surface area (Å²) in [5, 5.41) is 10.9. The highest BCUT2D eigenvalue weighted by atomic mass is 16.6. The van der Waals surface area contributed by atoms with E-state index in [-0.39, 0.29) is 11.3 Å². The number of nitrogens with zero attached hydrogens (tertiary/aromatic N) is 1. The Balaban J connectivity index is 2.45. The van der Waals surface area contributed by atoms with Crippen LogP contribution in [-0.4, -0.2) is 17.0 Å². The second kappa shape index (κ2) is 5.88. The van der Waals surface area contributed by atoms with Crippen molar-refractivity contribution >= 4 is 17.8 Å². The van der Waals surface area contributed by atoms with Gasteiger partial charge in [-0.1, -0.05) is 42.5 Å². The van der Waals surface area contributed by atoms with Crippen molar-refractivity contribution in [2.75, 3.05) is 0 Å². The van der Waals surface area contributed by atoms with Gasteiger partial charge in [0.2, 0.25) is 0 Å². The lowest BCUT2D eigenvalue weighted by atomic mass is 9.91. The smallest absolute Gasteiger partial charge is 0.280 e. The van der Waals surface area contributed by atoms with Gasteiger partial charge in [-0.25, -0.2) is 0 Å². The van der Waals surface area contributed by atoms with Gasteiger partial charge in [-0.15, -0.1) is 0 Å². The fraction of sp³-hybridized carbons (Fsp3) is 0.0667. The van der Waals surface area contributed by atoms with Gasteiger partial charge in [0.1, 0.15) is 12.2 Å². The molecule has 0 saturated carbocycles. The first-order chi connectivity index (χ1) is 9.65. The van der Waals surface area contributed by atoms with Gasteiger partial charge in [-0.3, -0.25) is 14.9 Å². The van der Waals surface area contributed by atoms with Crippen LogP contribution < -0.4 is 0 Å². The number of para-hydroxylation sites is 1. The van der Waals surface area contributed by atoms with E-state index >= 15 is 0 Å². The molecule has 0 bridgehead atoms. The van der Waals surface area contributed by atoms with Crippen molar-refractivity contribution in [2.45, 2.75) is 5.92 Å². The number of benzene rings is 2. The second-order valence-electron chi connectivity index (χ2n) is 4.16. The molecule has 0 aromatic heterocycles. The maximum absolute atomic E-state index is 12.4. The molecule has 0 aliphatic heterocycles. The average molecular weight is 269 g/mol. The highest BCUT2D eigenvalue weighted by Crippen LogP contribution is 2.25. The molecule has 5 nitrogen and oxygen atoms in total. The zero-order valence-corrected chi connectivity index (χ0v) is 10.4. The van der Waals surface area contributed by atoms with Gasteiger partial charge in [0.15, 0.2) is 5.78 Å². The summed E-state index contributed by atoms with van der Waals surface area (Å²) in [5.74, 6) is -1.60. The van der Waals surface area contributed by atoms with Crippen molar-refractivity contribution in [1.82, 2.24) is 0 Å². The summed E-state index contributed by atoms with van der Waals surface area (Å²) in [4.78, 5) is 33.9. The first-order valence-electron chi connectivity index (χ1n) is 5.93. The van der Waals surface area contributed by atoms with Gasteiger partial charge in [-0.2, -0.15) is 0 Å². The third kappa shape index (κ3) is 2.61. The molecule has 0 saturated heterocycles. The van der Waals surface area contributed by atoms with Gasteiger partial charge < -0.3 is 4.79 Å². The number of rotatable bonds is 5. The number of ketones is 1. The molecule has 1 atom stereocenters. The lowest BCUT2D eigenvalue weighted by Gasteiger charge is -2.09. The molecule has 0 unspecified atom stereocenters. The number of hydrogen-bond acceptors (Lipinski definition) is 4. The minimum absolute atomic E-state index is 0.0570. The third-order valence-corrected chi connectivity index (χ3v) is 2.94. The van der Waals surface area contributed by atoms with Gasteiger partial charge in [0.25, 0.3) is 5.69 Å². The van der Waals surface area contributed by atoms with E-state index in [2.05, 4.69) is 0 Å². The van der Waals surface area contributed by atoms with Gasteiger partial charge in [0.05, 0.1) is 10.5 Å². The van der Waals surface area contributed by atoms with E-state index in [9.17, 15) is 19.7 Å². The maximum atomic E-state index is 12.4. The highest BCUT2D eigenvalue weighted by molar-refractivity contribution is 6.11. The number of nitro groups is 1. The lowest BCUT2D eigenvalue weighted by Crippen LogP contribution is -2.15. The predicted molar refractivity (Wildman–Crippen MR) is 72.7 cm³/mol. The number of aldehydes is 1. The summed E-state index contributed by atoms with van der Waals surface area (Å²) < 4.78 is 0. The molecule has 2 rings (SSSR count). The minimum Gasteiger partial charge on any atom is -0.302 e. The Bertz CT molecular complexity index is 652. The Labute approximate surface area is 115 Å². The molecular weight excluding hydrogens is 258 g/mol. The Hall–Kier alpha value is -2.82. The van der Waals surface area contributed by atoms with Crippen molar-refractivity contribution in [2.24, 2.45) is 0 Å². The molecular formula is C15H11NO4. The number of carbonyl (C=O) groups is 2. The van der Waals surface area contributed by atoms with Crippen LogP contribution in [0.2, 0.25) is 0 Å². The topological polar surface area (TPSA) is 77.3 Å². The number of carbonyl (C=O) groups excluding carboxylic acids is 2. The van der Waals surface area contributed by atoms with Crippen LogP contribution in [-0.2, 0) is 4.79 Å². The Morgan fingerprint density at radius 1 is 1.05 bits per heavy atom. The molecule has 0 fully saturated rings. The molecule has 0 N–H and O–H groups in total. The SMILES string of the molecule is O=C[C@H](C(=O)c1ccccc1[N+](=O)[O-])c1ccccc1. The van der Waals surface area contributed by atoms with Crippen LogP contribution in [0.4, 0.5) is 5.69 Å². The molecule has 0 aliphatic rings. The molecule has 20 heavy (non-hydrogen) atoms. The second-order valence-corrected chi connectivity index (χ2v) is 4.16. The van der Waals surface area contributed by atoms with Crippen LogP contribution in [0.1, 0.15) is 21.8 Å². The van der Waals surface area contributed by atoms with Crippen molar-refractivity contribution in [3.8, 4) is 0 Å². The van der Waals surface area contributed by atoms with E-state index < -0.39 is 16.6 Å². The number of nitro benzene ring substituents is 1. The quantitative estimate of drug-likeness (QED) is 0.275. The average Bonchev–Trinajstić information content (AvgIpc) is 2.49. The molecule has 0 spiro atoms. The first kappa shape index (κ1) is 13.6. The number of Topliss-reactive ketones (excluding diaryl/α,β-unsaturated/α-hetero) is 1. The van der Waals surface area contributed by atoms with E-state index in [1.165, 1.54) is 24.3 Å². The van der Waals surface area contributed by atoms with Crippen LogP contribution >= 0.6 is 0 Å². The maximum Gasteiger partial charge on any atom is 0.280 e. The normalized spacial score (nSPS) is 11.6. The molecule has 2 aromatic carbocycles. The summed E-state index contributed by atoms with van der Waals surface area (Å²) in [6.07, 6.45) is 0.508. The van der Waals surface area contributed by atoms with Crippen LogP contribution in [0.15, 0.2) is 54.6 Å². The summed E-state index contributed by atoms with van der Waals surface area (Å²) >= 11 is 0. The first-order valence-corrected chi connectivity index (χ1v) is 5.93. The van der Waals surface area contributed by atoms with E-state index in [4.69, 9.17) is 0 Å². The van der Waals surface area contributed by atoms with Crippen LogP contribution in [0, 0.1) is 10.1 Å². The Kier molecular flexibility index (Phi) is 4.00.